The molecule has 1 heterocycles. The summed E-state index contributed by atoms with van der Waals surface area (Å²) in [5, 5.41) is 27.5. The number of H-pyrrole nitrogens is 1. The first-order chi connectivity index (χ1) is 20.3. The van der Waals surface area contributed by atoms with E-state index in [1.165, 1.54) is 24.3 Å². The molecule has 4 atom stereocenters. The van der Waals surface area contributed by atoms with Crippen molar-refractivity contribution in [3.05, 3.63) is 65.9 Å². The molecule has 0 saturated carbocycles. The highest BCUT2D eigenvalue weighted by molar-refractivity contribution is 5.96. The van der Waals surface area contributed by atoms with Crippen molar-refractivity contribution in [1.82, 2.24) is 20.9 Å². The molecule has 0 radical (unpaired) electrons. The fraction of sp³-hybridized carbons (Fsp3) is 0.367. The van der Waals surface area contributed by atoms with Gasteiger partial charge >= 0.3 is 5.97 Å². The number of hydrogen-bond acceptors (Lipinski definition) is 7. The van der Waals surface area contributed by atoms with Crippen LogP contribution in [0.3, 0.4) is 0 Å². The number of nitrogens with two attached hydrogens (primary N) is 2. The number of benzene rings is 2. The number of primary amides is 1. The van der Waals surface area contributed by atoms with E-state index in [1.54, 1.807) is 6.20 Å². The first-order valence-corrected chi connectivity index (χ1v) is 13.8. The maximum absolute atomic E-state index is 13.3. The predicted octanol–water partition coefficient (Wildman–Crippen LogP) is 0.447. The summed E-state index contributed by atoms with van der Waals surface area (Å²) < 4.78 is 0. The molecule has 2 aromatic carbocycles. The molecule has 0 bridgehead atoms. The number of para-hydroxylation sites is 1. The molecule has 13 heteroatoms. The van der Waals surface area contributed by atoms with Crippen LogP contribution in [0.5, 0.6) is 5.75 Å². The molecule has 230 valence electrons. The number of aliphatic carboxylic acids is 1. The van der Waals surface area contributed by atoms with Gasteiger partial charge in [-0.25, -0.2) is 4.79 Å². The first kappa shape index (κ1) is 32.6. The Labute approximate surface area is 248 Å². The van der Waals surface area contributed by atoms with Crippen LogP contribution in [0.15, 0.2) is 54.7 Å². The molecule has 13 nitrogen and oxygen atoms in total. The Kier molecular flexibility index (Phi) is 11.2. The number of hydrogen-bond donors (Lipinski definition) is 8. The summed E-state index contributed by atoms with van der Waals surface area (Å²) >= 11 is 0. The molecule has 0 aliphatic heterocycles. The molecule has 0 aliphatic carbocycles. The minimum Gasteiger partial charge on any atom is -0.508 e. The monoisotopic (exact) mass is 594 g/mol. The number of carboxylic acid groups (broad SMARTS) is 1. The van der Waals surface area contributed by atoms with E-state index in [1.807, 2.05) is 38.1 Å². The zero-order valence-corrected chi connectivity index (χ0v) is 24.0. The van der Waals surface area contributed by atoms with Gasteiger partial charge in [-0.05, 0) is 48.1 Å². The Morgan fingerprint density at radius 3 is 2.07 bits per heavy atom. The second-order valence-electron chi connectivity index (χ2n) is 10.9. The number of amides is 4. The van der Waals surface area contributed by atoms with Crippen LogP contribution in [0, 0.1) is 5.92 Å². The summed E-state index contributed by atoms with van der Waals surface area (Å²) in [4.78, 5) is 66.2. The Morgan fingerprint density at radius 2 is 1.44 bits per heavy atom. The Bertz CT molecular complexity index is 1450. The number of carbonyl (C=O) groups excluding carboxylic acids is 4. The molecule has 43 heavy (non-hydrogen) atoms. The van der Waals surface area contributed by atoms with Gasteiger partial charge in [-0.15, -0.1) is 0 Å². The van der Waals surface area contributed by atoms with Crippen LogP contribution in [-0.2, 0) is 36.8 Å². The Balaban J connectivity index is 1.70. The topological polar surface area (TPSA) is 230 Å². The number of aromatic nitrogens is 1. The van der Waals surface area contributed by atoms with Gasteiger partial charge in [0.25, 0.3) is 0 Å². The summed E-state index contributed by atoms with van der Waals surface area (Å²) in [6, 6.07) is 8.37. The zero-order valence-electron chi connectivity index (χ0n) is 24.0. The van der Waals surface area contributed by atoms with Gasteiger partial charge in [0.1, 0.15) is 23.9 Å². The van der Waals surface area contributed by atoms with E-state index in [4.69, 9.17) is 11.5 Å². The molecule has 1 aromatic heterocycles. The summed E-state index contributed by atoms with van der Waals surface area (Å²) in [7, 11) is 0. The van der Waals surface area contributed by atoms with Crippen molar-refractivity contribution < 1.29 is 34.2 Å². The summed E-state index contributed by atoms with van der Waals surface area (Å²) in [6.07, 6.45) is 1.41. The minimum absolute atomic E-state index is 0.0101. The number of rotatable bonds is 15. The van der Waals surface area contributed by atoms with Crippen molar-refractivity contribution >= 4 is 40.5 Å². The highest BCUT2D eigenvalue weighted by Crippen LogP contribution is 2.19. The molecule has 0 spiro atoms. The van der Waals surface area contributed by atoms with E-state index in [-0.39, 0.29) is 30.9 Å². The van der Waals surface area contributed by atoms with Crippen LogP contribution in [0.2, 0.25) is 0 Å². The van der Waals surface area contributed by atoms with Crippen molar-refractivity contribution in [2.45, 2.75) is 63.7 Å². The number of carboxylic acids is 1. The van der Waals surface area contributed by atoms with Gasteiger partial charge in [0.2, 0.25) is 23.6 Å². The summed E-state index contributed by atoms with van der Waals surface area (Å²) in [6.45, 7) is 3.62. The lowest BCUT2D eigenvalue weighted by molar-refractivity contribution is -0.142. The smallest absolute Gasteiger partial charge is 0.326 e. The molecule has 4 amide bonds. The van der Waals surface area contributed by atoms with E-state index < -0.39 is 60.2 Å². The average molecular weight is 595 g/mol. The number of phenols is 1. The van der Waals surface area contributed by atoms with Crippen molar-refractivity contribution in [2.24, 2.45) is 17.4 Å². The lowest BCUT2D eigenvalue weighted by Gasteiger charge is -2.26. The van der Waals surface area contributed by atoms with Crippen LogP contribution < -0.4 is 27.4 Å². The van der Waals surface area contributed by atoms with Crippen molar-refractivity contribution in [1.29, 1.82) is 0 Å². The standard InChI is InChI=1S/C30H38N6O7/c1-16(2)11-23(28(40)36-25(30(42)43)12-17-7-9-19(37)10-8-17)35-29(41)24(14-26(32)38)34-27(39)21(31)13-18-15-33-22-6-4-3-5-20(18)22/h3-10,15-16,21,23-25,33,37H,11-14,31H2,1-2H3,(H2,32,38)(H,34,39)(H,35,41)(H,36,40)(H,42,43). The molecule has 0 fully saturated rings. The highest BCUT2D eigenvalue weighted by atomic mass is 16.4. The average Bonchev–Trinajstić information content (AvgIpc) is 3.35. The second kappa shape index (κ2) is 14.8. The van der Waals surface area contributed by atoms with Gasteiger partial charge in [-0.2, -0.15) is 0 Å². The molecule has 4 unspecified atom stereocenters. The van der Waals surface area contributed by atoms with Crippen LogP contribution in [0.1, 0.15) is 37.8 Å². The quantitative estimate of drug-likeness (QED) is 0.123. The molecule has 0 saturated heterocycles. The van der Waals surface area contributed by atoms with E-state index >= 15 is 0 Å². The number of phenolic OH excluding ortho intramolecular Hbond substituents is 1. The van der Waals surface area contributed by atoms with E-state index in [0.29, 0.717) is 5.56 Å². The van der Waals surface area contributed by atoms with Crippen molar-refractivity contribution in [3.63, 3.8) is 0 Å². The molecule has 10 N–H and O–H groups in total. The highest BCUT2D eigenvalue weighted by Gasteiger charge is 2.31. The van der Waals surface area contributed by atoms with Gasteiger partial charge in [-0.1, -0.05) is 44.2 Å². The normalized spacial score (nSPS) is 14.0. The zero-order chi connectivity index (χ0) is 31.7. The van der Waals surface area contributed by atoms with Crippen LogP contribution in [0.4, 0.5) is 0 Å². The number of carbonyl (C=O) groups is 5. The largest absolute Gasteiger partial charge is 0.508 e. The maximum atomic E-state index is 13.3. The van der Waals surface area contributed by atoms with Crippen LogP contribution in [-0.4, -0.2) is 69.0 Å². The molecular formula is C30H38N6O7. The van der Waals surface area contributed by atoms with Gasteiger partial charge in [0, 0.05) is 23.5 Å². The van der Waals surface area contributed by atoms with Gasteiger partial charge in [0.05, 0.1) is 12.5 Å². The Hall–Kier alpha value is -4.91. The SMILES string of the molecule is CC(C)CC(NC(=O)C(CC(N)=O)NC(=O)C(N)Cc1c[nH]c2ccccc12)C(=O)NC(Cc1ccc(O)cc1)C(=O)O. The van der Waals surface area contributed by atoms with Crippen LogP contribution >= 0.6 is 0 Å². The van der Waals surface area contributed by atoms with Gasteiger partial charge in [-0.3, -0.25) is 19.2 Å². The lowest BCUT2D eigenvalue weighted by Crippen LogP contribution is -2.58. The fourth-order valence-corrected chi connectivity index (χ4v) is 4.63. The first-order valence-electron chi connectivity index (χ1n) is 13.8. The number of aromatic hydroxyl groups is 1. The number of fused-ring (bicyclic) bond motifs is 1. The molecule has 3 aromatic rings. The summed E-state index contributed by atoms with van der Waals surface area (Å²) in [5.74, 6) is -4.54. The third-order valence-electron chi connectivity index (χ3n) is 6.82. The summed E-state index contributed by atoms with van der Waals surface area (Å²) in [5.41, 5.74) is 13.7. The predicted molar refractivity (Wildman–Crippen MR) is 158 cm³/mol. The third-order valence-corrected chi connectivity index (χ3v) is 6.82. The minimum atomic E-state index is -1.42. The second-order valence-corrected chi connectivity index (χ2v) is 10.9. The molecular weight excluding hydrogens is 556 g/mol. The number of nitrogens with one attached hydrogen (secondary N) is 4. The van der Waals surface area contributed by atoms with Crippen LogP contribution in [0.25, 0.3) is 10.9 Å². The third kappa shape index (κ3) is 9.57. The lowest BCUT2D eigenvalue weighted by atomic mass is 10.0. The molecule has 3 rings (SSSR count). The van der Waals surface area contributed by atoms with Gasteiger partial charge < -0.3 is 42.6 Å². The molecule has 0 aliphatic rings. The van der Waals surface area contributed by atoms with E-state index in [0.717, 1.165) is 16.5 Å². The van der Waals surface area contributed by atoms with E-state index in [2.05, 4.69) is 20.9 Å². The Morgan fingerprint density at radius 1 is 0.837 bits per heavy atom. The fourth-order valence-electron chi connectivity index (χ4n) is 4.63. The van der Waals surface area contributed by atoms with Crippen molar-refractivity contribution in [3.8, 4) is 5.75 Å². The maximum Gasteiger partial charge on any atom is 0.326 e. The van der Waals surface area contributed by atoms with Gasteiger partial charge in [0.15, 0.2) is 0 Å². The van der Waals surface area contributed by atoms with E-state index in [9.17, 15) is 34.2 Å². The van der Waals surface area contributed by atoms with Crippen molar-refractivity contribution in [2.75, 3.05) is 0 Å². The number of aromatic amines is 1.